The van der Waals surface area contributed by atoms with E-state index in [-0.39, 0.29) is 24.5 Å². The number of fused-ring (bicyclic) bond motifs is 1. The molecular weight excluding hydrogens is 246 g/mol. The number of hydrogen-bond acceptors (Lipinski definition) is 4. The smallest absolute Gasteiger partial charge is 0.240 e. The van der Waals surface area contributed by atoms with E-state index in [1.807, 2.05) is 0 Å². The molecule has 0 spiro atoms. The number of carbonyl (C=O) groups excluding carboxylic acids is 2. The Balaban J connectivity index is 2.12. The van der Waals surface area contributed by atoms with E-state index in [0.29, 0.717) is 5.92 Å². The van der Waals surface area contributed by atoms with E-state index in [0.717, 1.165) is 32.0 Å². The van der Waals surface area contributed by atoms with Gasteiger partial charge in [0.1, 0.15) is 6.29 Å². The second-order valence-corrected chi connectivity index (χ2v) is 5.32. The van der Waals surface area contributed by atoms with E-state index in [1.165, 1.54) is 6.42 Å². The molecule has 19 heavy (non-hydrogen) atoms. The van der Waals surface area contributed by atoms with Gasteiger partial charge in [0.2, 0.25) is 5.91 Å². The summed E-state index contributed by atoms with van der Waals surface area (Å²) in [5.74, 6) is 0.151. The van der Waals surface area contributed by atoms with Gasteiger partial charge in [-0.2, -0.15) is 0 Å². The molecule has 2 N–H and O–H groups in total. The van der Waals surface area contributed by atoms with Gasteiger partial charge in [-0.05, 0) is 30.7 Å². The Labute approximate surface area is 111 Å². The Morgan fingerprint density at radius 3 is 2.95 bits per heavy atom. The number of rotatable bonds is 4. The fourth-order valence-electron chi connectivity index (χ4n) is 3.34. The minimum Gasteiger partial charge on any atom is -0.328 e. The second-order valence-electron chi connectivity index (χ2n) is 5.32. The minimum atomic E-state index is -0.848. The first-order valence-electron chi connectivity index (χ1n) is 6.73. The molecule has 1 aliphatic carbocycles. The fourth-order valence-corrected chi connectivity index (χ4v) is 3.34. The Morgan fingerprint density at radius 2 is 2.26 bits per heavy atom. The average Bonchev–Trinajstić information content (AvgIpc) is 2.82. The van der Waals surface area contributed by atoms with Crippen molar-refractivity contribution in [3.05, 3.63) is 10.4 Å². The Bertz CT molecular complexity index is 407. The lowest BCUT2D eigenvalue weighted by Gasteiger charge is -2.34. The molecule has 0 aromatic carbocycles. The van der Waals surface area contributed by atoms with Crippen LogP contribution in [0, 0.1) is 5.92 Å². The van der Waals surface area contributed by atoms with E-state index in [9.17, 15) is 9.59 Å². The summed E-state index contributed by atoms with van der Waals surface area (Å²) in [6.07, 6.45) is 5.85. The van der Waals surface area contributed by atoms with Gasteiger partial charge in [0.05, 0.1) is 12.1 Å². The highest BCUT2D eigenvalue weighted by Crippen LogP contribution is 2.39. The van der Waals surface area contributed by atoms with Crippen molar-refractivity contribution in [3.63, 3.8) is 0 Å². The molecule has 0 bridgehead atoms. The number of nitrogens with zero attached hydrogens (tertiary/aromatic N) is 4. The lowest BCUT2D eigenvalue weighted by atomic mass is 9.85. The predicted molar refractivity (Wildman–Crippen MR) is 69.0 cm³/mol. The molecule has 0 aromatic rings. The highest BCUT2D eigenvalue weighted by atomic mass is 16.2. The summed E-state index contributed by atoms with van der Waals surface area (Å²) in [5, 5.41) is 3.34. The van der Waals surface area contributed by atoms with Crippen LogP contribution in [-0.2, 0) is 9.59 Å². The summed E-state index contributed by atoms with van der Waals surface area (Å²) >= 11 is 0. The number of carbonyl (C=O) groups is 2. The van der Waals surface area contributed by atoms with Gasteiger partial charge in [0, 0.05) is 17.5 Å². The molecular formula is C12H19N5O2. The first kappa shape index (κ1) is 13.8. The van der Waals surface area contributed by atoms with E-state index in [4.69, 9.17) is 11.3 Å². The zero-order chi connectivity index (χ0) is 13.8. The van der Waals surface area contributed by atoms with Crippen LogP contribution in [0.3, 0.4) is 0 Å². The van der Waals surface area contributed by atoms with E-state index < -0.39 is 6.04 Å². The molecule has 2 rings (SSSR count). The number of azide groups is 1. The molecule has 104 valence electrons. The molecule has 4 atom stereocenters. The maximum absolute atomic E-state index is 12.3. The van der Waals surface area contributed by atoms with E-state index in [1.54, 1.807) is 4.90 Å². The molecule has 1 saturated heterocycles. The summed E-state index contributed by atoms with van der Waals surface area (Å²) < 4.78 is 0. The molecule has 2 aliphatic rings. The normalized spacial score (nSPS) is 31.2. The molecule has 7 heteroatoms. The SMILES string of the molecule is [N-]=[N+]=NC[C@H](N)C(=O)N1[C@H](C=O)C[C@@H]2CCCC[C@@H]21. The van der Waals surface area contributed by atoms with Crippen LogP contribution in [-0.4, -0.2) is 41.8 Å². The van der Waals surface area contributed by atoms with E-state index in [2.05, 4.69) is 10.0 Å². The van der Waals surface area contributed by atoms with Crippen LogP contribution in [0.1, 0.15) is 32.1 Å². The summed E-state index contributed by atoms with van der Waals surface area (Å²) in [6.45, 7) is -0.0607. The largest absolute Gasteiger partial charge is 0.328 e. The molecule has 1 aliphatic heterocycles. The standard InChI is InChI=1S/C12H19N5O2/c13-10(6-15-16-14)12(19)17-9(7-18)5-8-3-1-2-4-11(8)17/h7-11H,1-6,13H2/t8-,9-,10-,11-/m0/s1. The second kappa shape index (κ2) is 6.04. The van der Waals surface area contributed by atoms with Crippen molar-refractivity contribution < 1.29 is 9.59 Å². The Morgan fingerprint density at radius 1 is 1.53 bits per heavy atom. The highest BCUT2D eigenvalue weighted by Gasteiger charge is 2.45. The number of hydrogen-bond donors (Lipinski definition) is 1. The summed E-state index contributed by atoms with van der Waals surface area (Å²) in [6, 6.07) is -1.08. The Kier molecular flexibility index (Phi) is 4.39. The lowest BCUT2D eigenvalue weighted by molar-refractivity contribution is -0.138. The van der Waals surface area contributed by atoms with E-state index >= 15 is 0 Å². The molecule has 1 saturated carbocycles. The third kappa shape index (κ3) is 2.72. The van der Waals surface area contributed by atoms with Gasteiger partial charge >= 0.3 is 0 Å². The van der Waals surface area contributed by atoms with Crippen molar-refractivity contribution >= 4 is 12.2 Å². The van der Waals surface area contributed by atoms with Gasteiger partial charge < -0.3 is 15.4 Å². The Hall–Kier alpha value is -1.59. The predicted octanol–water partition coefficient (Wildman–Crippen LogP) is 0.983. The van der Waals surface area contributed by atoms with Gasteiger partial charge in [-0.25, -0.2) is 0 Å². The topological polar surface area (TPSA) is 112 Å². The number of likely N-dealkylation sites (tertiary alicyclic amines) is 1. The first-order chi connectivity index (χ1) is 9.19. The number of amides is 1. The summed E-state index contributed by atoms with van der Waals surface area (Å²) in [7, 11) is 0. The van der Waals surface area contributed by atoms with Crippen LogP contribution < -0.4 is 5.73 Å². The van der Waals surface area contributed by atoms with Gasteiger partial charge in [-0.3, -0.25) is 4.79 Å². The first-order valence-corrected chi connectivity index (χ1v) is 6.73. The van der Waals surface area contributed by atoms with Gasteiger partial charge in [0.25, 0.3) is 0 Å². The number of nitrogens with two attached hydrogens (primary N) is 1. The van der Waals surface area contributed by atoms with Crippen LogP contribution in [0.4, 0.5) is 0 Å². The van der Waals surface area contributed by atoms with Crippen molar-refractivity contribution in [2.45, 2.75) is 50.2 Å². The average molecular weight is 265 g/mol. The summed E-state index contributed by atoms with van der Waals surface area (Å²) in [4.78, 5) is 27.8. The molecule has 0 radical (unpaired) electrons. The van der Waals surface area contributed by atoms with Crippen molar-refractivity contribution in [1.29, 1.82) is 0 Å². The molecule has 7 nitrogen and oxygen atoms in total. The van der Waals surface area contributed by atoms with Crippen molar-refractivity contribution in [2.24, 2.45) is 16.8 Å². The highest BCUT2D eigenvalue weighted by molar-refractivity contribution is 5.85. The van der Waals surface area contributed by atoms with Crippen molar-refractivity contribution in [2.75, 3.05) is 6.54 Å². The van der Waals surface area contributed by atoms with Crippen LogP contribution >= 0.6 is 0 Å². The third-order valence-corrected chi connectivity index (χ3v) is 4.20. The third-order valence-electron chi connectivity index (χ3n) is 4.20. The molecule has 0 aromatic heterocycles. The maximum atomic E-state index is 12.3. The quantitative estimate of drug-likeness (QED) is 0.354. The maximum Gasteiger partial charge on any atom is 0.240 e. The lowest BCUT2D eigenvalue weighted by Crippen LogP contribution is -2.52. The van der Waals surface area contributed by atoms with Gasteiger partial charge in [0.15, 0.2) is 0 Å². The van der Waals surface area contributed by atoms with Crippen LogP contribution in [0.2, 0.25) is 0 Å². The molecule has 1 amide bonds. The zero-order valence-corrected chi connectivity index (χ0v) is 10.8. The zero-order valence-electron chi connectivity index (χ0n) is 10.8. The number of aldehydes is 1. The molecule has 2 fully saturated rings. The van der Waals surface area contributed by atoms with Crippen LogP contribution in [0.25, 0.3) is 10.4 Å². The van der Waals surface area contributed by atoms with Gasteiger partial charge in [-0.15, -0.1) is 0 Å². The van der Waals surface area contributed by atoms with Crippen molar-refractivity contribution in [1.82, 2.24) is 4.90 Å². The van der Waals surface area contributed by atoms with Crippen LogP contribution in [0.5, 0.6) is 0 Å². The summed E-state index contributed by atoms with van der Waals surface area (Å²) in [5.41, 5.74) is 14.0. The monoisotopic (exact) mass is 265 g/mol. The van der Waals surface area contributed by atoms with Crippen LogP contribution in [0.15, 0.2) is 5.11 Å². The minimum absolute atomic E-state index is 0.0607. The molecule has 0 unspecified atom stereocenters. The fraction of sp³-hybridized carbons (Fsp3) is 0.833. The van der Waals surface area contributed by atoms with Gasteiger partial charge in [-0.1, -0.05) is 18.0 Å². The molecule has 1 heterocycles. The van der Waals surface area contributed by atoms with Crippen molar-refractivity contribution in [3.8, 4) is 0 Å².